The highest BCUT2D eigenvalue weighted by molar-refractivity contribution is 6.31. The molecule has 2 aromatic heterocycles. The van der Waals surface area contributed by atoms with Gasteiger partial charge in [0.05, 0.1) is 5.39 Å². The topological polar surface area (TPSA) is 60.4 Å². The fourth-order valence-electron chi connectivity index (χ4n) is 2.23. The van der Waals surface area contributed by atoms with E-state index in [9.17, 15) is 4.79 Å². The fraction of sp³-hybridized carbons (Fsp3) is 0. The Morgan fingerprint density at radius 2 is 1.90 bits per heavy atom. The van der Waals surface area contributed by atoms with Crippen molar-refractivity contribution in [2.45, 2.75) is 0 Å². The highest BCUT2D eigenvalue weighted by Gasteiger charge is 2.13. The Bertz CT molecular complexity index is 1020. The summed E-state index contributed by atoms with van der Waals surface area (Å²) >= 11 is 6.01. The molecule has 0 fully saturated rings. The molecular formula is C15H8ClN3O2. The van der Waals surface area contributed by atoms with Crippen molar-refractivity contribution >= 4 is 28.2 Å². The van der Waals surface area contributed by atoms with Gasteiger partial charge in [0.15, 0.2) is 11.5 Å². The van der Waals surface area contributed by atoms with Crippen LogP contribution in [0.2, 0.25) is 5.02 Å². The molecule has 0 N–H and O–H groups in total. The molecule has 2 heterocycles. The summed E-state index contributed by atoms with van der Waals surface area (Å²) in [6.45, 7) is 0. The van der Waals surface area contributed by atoms with E-state index in [-0.39, 0.29) is 0 Å². The van der Waals surface area contributed by atoms with Crippen molar-refractivity contribution in [1.82, 2.24) is 14.6 Å². The number of hydrogen-bond acceptors (Lipinski definition) is 4. The molecule has 6 heteroatoms. The second-order valence-corrected chi connectivity index (χ2v) is 4.98. The molecule has 0 unspecified atom stereocenters. The Morgan fingerprint density at radius 1 is 1.10 bits per heavy atom. The van der Waals surface area contributed by atoms with Crippen LogP contribution >= 0.6 is 11.6 Å². The molecule has 0 atom stereocenters. The number of fused-ring (bicyclic) bond motifs is 3. The number of halogens is 1. The van der Waals surface area contributed by atoms with Gasteiger partial charge in [-0.05, 0) is 18.2 Å². The quantitative estimate of drug-likeness (QED) is 0.541. The van der Waals surface area contributed by atoms with Crippen LogP contribution in [0.4, 0.5) is 0 Å². The molecule has 102 valence electrons. The lowest BCUT2D eigenvalue weighted by Gasteiger charge is -1.97. The monoisotopic (exact) mass is 297 g/mol. The van der Waals surface area contributed by atoms with Gasteiger partial charge in [-0.3, -0.25) is 0 Å². The summed E-state index contributed by atoms with van der Waals surface area (Å²) in [7, 11) is 0. The van der Waals surface area contributed by atoms with Crippen LogP contribution < -0.4 is 5.76 Å². The van der Waals surface area contributed by atoms with Crippen molar-refractivity contribution < 1.29 is 4.42 Å². The van der Waals surface area contributed by atoms with Gasteiger partial charge in [-0.25, -0.2) is 9.78 Å². The lowest BCUT2D eigenvalue weighted by atomic mass is 10.2. The second kappa shape index (κ2) is 4.43. The van der Waals surface area contributed by atoms with E-state index in [4.69, 9.17) is 16.0 Å². The number of aromatic nitrogens is 3. The number of rotatable bonds is 1. The van der Waals surface area contributed by atoms with Crippen molar-refractivity contribution in [3.05, 3.63) is 64.1 Å². The maximum Gasteiger partial charge on any atom is 0.442 e. The van der Waals surface area contributed by atoms with E-state index >= 15 is 0 Å². The minimum atomic E-state index is -0.575. The molecule has 5 nitrogen and oxygen atoms in total. The Balaban J connectivity index is 2.11. The Kier molecular flexibility index (Phi) is 2.55. The molecule has 0 amide bonds. The van der Waals surface area contributed by atoms with Crippen molar-refractivity contribution in [2.24, 2.45) is 0 Å². The van der Waals surface area contributed by atoms with Gasteiger partial charge in [-0.1, -0.05) is 41.9 Å². The van der Waals surface area contributed by atoms with E-state index in [1.807, 2.05) is 30.3 Å². The maximum absolute atomic E-state index is 12.0. The number of hydrogen-bond donors (Lipinski definition) is 0. The van der Waals surface area contributed by atoms with Crippen LogP contribution in [0, 0.1) is 0 Å². The van der Waals surface area contributed by atoms with Crippen LogP contribution in [0.25, 0.3) is 28.0 Å². The first-order valence-corrected chi connectivity index (χ1v) is 6.65. The third-order valence-corrected chi connectivity index (χ3v) is 3.43. The minimum Gasteiger partial charge on any atom is -0.408 e. The van der Waals surface area contributed by atoms with Gasteiger partial charge in [-0.15, -0.1) is 9.61 Å². The van der Waals surface area contributed by atoms with Crippen LogP contribution in [0.3, 0.4) is 0 Å². The van der Waals surface area contributed by atoms with Crippen LogP contribution in [-0.2, 0) is 0 Å². The molecule has 0 saturated heterocycles. The highest BCUT2D eigenvalue weighted by atomic mass is 35.5. The Hall–Kier alpha value is -2.66. The van der Waals surface area contributed by atoms with E-state index in [0.29, 0.717) is 27.5 Å². The van der Waals surface area contributed by atoms with Gasteiger partial charge >= 0.3 is 5.76 Å². The average Bonchev–Trinajstić information content (AvgIpc) is 2.95. The Morgan fingerprint density at radius 3 is 2.71 bits per heavy atom. The number of nitrogens with zero attached hydrogens (tertiary/aromatic N) is 3. The van der Waals surface area contributed by atoms with Crippen molar-refractivity contribution in [1.29, 1.82) is 0 Å². The van der Waals surface area contributed by atoms with E-state index in [0.717, 1.165) is 10.1 Å². The molecule has 0 aliphatic carbocycles. The summed E-state index contributed by atoms with van der Waals surface area (Å²) in [6, 6.07) is 14.5. The first kappa shape index (κ1) is 12.1. The molecule has 0 spiro atoms. The summed E-state index contributed by atoms with van der Waals surface area (Å²) in [6.07, 6.45) is 0. The maximum atomic E-state index is 12.0. The molecular weight excluding hydrogens is 290 g/mol. The van der Waals surface area contributed by atoms with Crippen LogP contribution in [-0.4, -0.2) is 14.6 Å². The summed E-state index contributed by atoms with van der Waals surface area (Å²) in [5.41, 5.74) is 1.70. The van der Waals surface area contributed by atoms with Crippen LogP contribution in [0.15, 0.2) is 57.7 Å². The summed E-state index contributed by atoms with van der Waals surface area (Å²) in [4.78, 5) is 16.4. The zero-order valence-corrected chi connectivity index (χ0v) is 11.4. The number of benzene rings is 2. The van der Waals surface area contributed by atoms with E-state index in [1.165, 1.54) is 0 Å². The SMILES string of the molecule is O=c1oc2ccc(Cl)cc2c2nc(-c3ccccc3)nn12. The molecule has 0 saturated carbocycles. The van der Waals surface area contributed by atoms with Gasteiger partial charge in [-0.2, -0.15) is 0 Å². The molecule has 2 aromatic carbocycles. The third-order valence-electron chi connectivity index (χ3n) is 3.19. The van der Waals surface area contributed by atoms with E-state index in [2.05, 4.69) is 10.1 Å². The van der Waals surface area contributed by atoms with Crippen LogP contribution in [0.5, 0.6) is 0 Å². The van der Waals surface area contributed by atoms with E-state index in [1.54, 1.807) is 18.2 Å². The first-order chi connectivity index (χ1) is 10.2. The molecule has 0 aliphatic rings. The average molecular weight is 298 g/mol. The largest absolute Gasteiger partial charge is 0.442 e. The zero-order valence-electron chi connectivity index (χ0n) is 10.7. The third kappa shape index (κ3) is 1.90. The predicted molar refractivity (Wildman–Crippen MR) is 79.5 cm³/mol. The fourth-order valence-corrected chi connectivity index (χ4v) is 2.40. The zero-order chi connectivity index (χ0) is 14.4. The van der Waals surface area contributed by atoms with E-state index < -0.39 is 5.76 Å². The summed E-state index contributed by atoms with van der Waals surface area (Å²) in [5.74, 6) is -0.107. The van der Waals surface area contributed by atoms with Gasteiger partial charge < -0.3 is 4.42 Å². The van der Waals surface area contributed by atoms with Crippen molar-refractivity contribution in [2.75, 3.05) is 0 Å². The summed E-state index contributed by atoms with van der Waals surface area (Å²) in [5, 5.41) is 5.41. The molecule has 0 radical (unpaired) electrons. The normalized spacial score (nSPS) is 11.3. The second-order valence-electron chi connectivity index (χ2n) is 4.55. The lowest BCUT2D eigenvalue weighted by molar-refractivity contribution is 0.507. The molecule has 0 aliphatic heterocycles. The van der Waals surface area contributed by atoms with Crippen molar-refractivity contribution in [3.8, 4) is 11.4 Å². The lowest BCUT2D eigenvalue weighted by Crippen LogP contribution is -2.12. The highest BCUT2D eigenvalue weighted by Crippen LogP contribution is 2.23. The molecule has 4 rings (SSSR count). The minimum absolute atomic E-state index is 0.433. The Labute approximate surface area is 123 Å². The van der Waals surface area contributed by atoms with Crippen molar-refractivity contribution in [3.63, 3.8) is 0 Å². The van der Waals surface area contributed by atoms with Gasteiger partial charge in [0.1, 0.15) is 5.58 Å². The van der Waals surface area contributed by atoms with Gasteiger partial charge in [0.2, 0.25) is 0 Å². The molecule has 0 bridgehead atoms. The first-order valence-electron chi connectivity index (χ1n) is 6.27. The standard InChI is InChI=1S/C15H8ClN3O2/c16-10-6-7-12-11(8-10)14-17-13(9-4-2-1-3-5-9)18-19(14)15(20)21-12/h1-8H. The van der Waals surface area contributed by atoms with Gasteiger partial charge in [0.25, 0.3) is 0 Å². The smallest absolute Gasteiger partial charge is 0.408 e. The summed E-state index contributed by atoms with van der Waals surface area (Å²) < 4.78 is 6.38. The predicted octanol–water partition coefficient (Wildman–Crippen LogP) is 3.16. The molecule has 21 heavy (non-hydrogen) atoms. The van der Waals surface area contributed by atoms with Gasteiger partial charge in [0, 0.05) is 10.6 Å². The molecule has 4 aromatic rings. The van der Waals surface area contributed by atoms with Crippen LogP contribution in [0.1, 0.15) is 0 Å².